The predicted molar refractivity (Wildman–Crippen MR) is 64.1 cm³/mol. The summed E-state index contributed by atoms with van der Waals surface area (Å²) < 4.78 is 1.44. The maximum Gasteiger partial charge on any atom is 0.183 e. The van der Waals surface area contributed by atoms with Gasteiger partial charge in [-0.05, 0) is 36.4 Å². The average Bonchev–Trinajstić information content (AvgIpc) is 2.92. The first-order valence-electron chi connectivity index (χ1n) is 6.73. The number of hydrogen-bond acceptors (Lipinski definition) is 7. The zero-order valence-electron chi connectivity index (χ0n) is 10.6. The zero-order valence-corrected chi connectivity index (χ0v) is 10.6. The molecule has 106 valence electrons. The molecule has 8 heteroatoms. The number of aliphatic hydroxyl groups is 3. The molecule has 0 amide bonds. The van der Waals surface area contributed by atoms with Crippen LogP contribution in [0.2, 0.25) is 0 Å². The third-order valence-corrected chi connectivity index (χ3v) is 4.06. The monoisotopic (exact) mass is 269 g/mol. The van der Waals surface area contributed by atoms with Crippen molar-refractivity contribution in [3.63, 3.8) is 0 Å². The number of aliphatic hydroxyl groups excluding tert-OH is 3. The van der Waals surface area contributed by atoms with Crippen LogP contribution in [0.5, 0.6) is 0 Å². The summed E-state index contributed by atoms with van der Waals surface area (Å²) >= 11 is 0. The van der Waals surface area contributed by atoms with Crippen LogP contribution in [-0.2, 0) is 0 Å². The van der Waals surface area contributed by atoms with Gasteiger partial charge in [0.2, 0.25) is 0 Å². The van der Waals surface area contributed by atoms with E-state index in [1.54, 1.807) is 0 Å². The Labute approximate surface area is 110 Å². The van der Waals surface area contributed by atoms with Crippen molar-refractivity contribution in [3.05, 3.63) is 5.82 Å². The summed E-state index contributed by atoms with van der Waals surface area (Å²) in [6, 6.07) is -0.415. The van der Waals surface area contributed by atoms with Gasteiger partial charge in [-0.1, -0.05) is 6.42 Å². The maximum atomic E-state index is 10.2. The highest BCUT2D eigenvalue weighted by molar-refractivity contribution is 5.03. The Bertz CT molecular complexity index is 434. The molecule has 0 bridgehead atoms. The summed E-state index contributed by atoms with van der Waals surface area (Å²) in [5.74, 6) is 0.222. The Kier molecular flexibility index (Phi) is 3.48. The number of nitrogens with zero attached hydrogens (tertiary/aromatic N) is 5. The largest absolute Gasteiger partial charge is 0.388 e. The molecule has 3 rings (SSSR count). The van der Waals surface area contributed by atoms with Crippen molar-refractivity contribution in [1.82, 2.24) is 25.1 Å². The molecule has 0 aromatic carbocycles. The van der Waals surface area contributed by atoms with Crippen LogP contribution >= 0.6 is 0 Å². The van der Waals surface area contributed by atoms with Crippen molar-refractivity contribution in [2.75, 3.05) is 19.6 Å². The Morgan fingerprint density at radius 1 is 1.05 bits per heavy atom. The molecular formula is C11H19N5O3. The molecule has 19 heavy (non-hydrogen) atoms. The minimum Gasteiger partial charge on any atom is -0.388 e. The molecule has 0 radical (unpaired) electrons. The lowest BCUT2D eigenvalue weighted by Gasteiger charge is -2.38. The van der Waals surface area contributed by atoms with Crippen LogP contribution in [0.25, 0.3) is 0 Å². The molecule has 0 spiro atoms. The van der Waals surface area contributed by atoms with Crippen molar-refractivity contribution in [3.8, 4) is 0 Å². The topological polar surface area (TPSA) is 108 Å². The van der Waals surface area contributed by atoms with Gasteiger partial charge < -0.3 is 20.2 Å². The number of tetrazole rings is 1. The van der Waals surface area contributed by atoms with Crippen LogP contribution in [0.3, 0.4) is 0 Å². The number of piperidine rings is 1. The maximum absolute atomic E-state index is 10.2. The van der Waals surface area contributed by atoms with Gasteiger partial charge in [-0.2, -0.15) is 0 Å². The summed E-state index contributed by atoms with van der Waals surface area (Å²) in [5.41, 5.74) is 0. The van der Waals surface area contributed by atoms with E-state index in [-0.39, 0.29) is 5.82 Å². The smallest absolute Gasteiger partial charge is 0.183 e. The lowest BCUT2D eigenvalue weighted by atomic mass is 9.95. The number of hydrogen-bond donors (Lipinski definition) is 3. The second-order valence-electron chi connectivity index (χ2n) is 5.34. The molecular weight excluding hydrogens is 250 g/mol. The van der Waals surface area contributed by atoms with Crippen molar-refractivity contribution < 1.29 is 15.3 Å². The van der Waals surface area contributed by atoms with Gasteiger partial charge in [-0.15, -0.1) is 5.10 Å². The van der Waals surface area contributed by atoms with E-state index in [1.165, 1.54) is 11.1 Å². The van der Waals surface area contributed by atoms with Gasteiger partial charge in [0, 0.05) is 6.54 Å². The molecule has 3 N–H and O–H groups in total. The predicted octanol–water partition coefficient (Wildman–Crippen LogP) is -1.53. The highest BCUT2D eigenvalue weighted by atomic mass is 16.4. The van der Waals surface area contributed by atoms with Gasteiger partial charge in [0.1, 0.15) is 18.3 Å². The Balaban J connectivity index is 1.81. The quantitative estimate of drug-likeness (QED) is 0.597. The molecule has 0 aliphatic carbocycles. The Hall–Kier alpha value is -1.09. The van der Waals surface area contributed by atoms with Crippen LogP contribution in [0.4, 0.5) is 0 Å². The summed E-state index contributed by atoms with van der Waals surface area (Å²) in [7, 11) is 0. The van der Waals surface area contributed by atoms with E-state index in [4.69, 9.17) is 0 Å². The molecule has 1 aromatic rings. The molecule has 1 fully saturated rings. The third-order valence-electron chi connectivity index (χ3n) is 4.06. The minimum atomic E-state index is -1.24. The molecule has 3 heterocycles. The van der Waals surface area contributed by atoms with Gasteiger partial charge in [0.15, 0.2) is 5.82 Å². The Morgan fingerprint density at radius 3 is 2.53 bits per heavy atom. The fourth-order valence-electron chi connectivity index (χ4n) is 2.94. The average molecular weight is 269 g/mol. The van der Waals surface area contributed by atoms with Gasteiger partial charge in [-0.3, -0.25) is 0 Å². The zero-order chi connectivity index (χ0) is 13.4. The highest BCUT2D eigenvalue weighted by Gasteiger charge is 2.43. The normalized spacial score (nSPS) is 36.2. The van der Waals surface area contributed by atoms with Crippen LogP contribution < -0.4 is 0 Å². The van der Waals surface area contributed by atoms with Gasteiger partial charge in [0.05, 0.1) is 6.04 Å². The fourth-order valence-corrected chi connectivity index (χ4v) is 2.94. The Morgan fingerprint density at radius 2 is 1.79 bits per heavy atom. The standard InChI is InChI=1S/C11H19N5O3/c17-8-7(6-15-4-2-1-3-5-15)16-11(12-13-14-16)10(19)9(8)18/h7-10,17-19H,1-6H2/t7-,8-,9+,10+/m1/s1. The van der Waals surface area contributed by atoms with Crippen molar-refractivity contribution in [2.24, 2.45) is 0 Å². The number of likely N-dealkylation sites (tertiary alicyclic amines) is 1. The summed E-state index contributed by atoms with van der Waals surface area (Å²) in [6.07, 6.45) is -0.00231. The number of rotatable bonds is 2. The highest BCUT2D eigenvalue weighted by Crippen LogP contribution is 2.31. The first-order chi connectivity index (χ1) is 9.18. The van der Waals surface area contributed by atoms with Crippen molar-refractivity contribution >= 4 is 0 Å². The second kappa shape index (κ2) is 5.12. The lowest BCUT2D eigenvalue weighted by molar-refractivity contribution is -0.109. The summed E-state index contributed by atoms with van der Waals surface area (Å²) in [6.45, 7) is 2.56. The summed E-state index contributed by atoms with van der Waals surface area (Å²) in [5, 5.41) is 41.0. The van der Waals surface area contributed by atoms with E-state index in [2.05, 4.69) is 20.4 Å². The fraction of sp³-hybridized carbons (Fsp3) is 0.909. The van der Waals surface area contributed by atoms with E-state index >= 15 is 0 Å². The van der Waals surface area contributed by atoms with Crippen LogP contribution in [0.15, 0.2) is 0 Å². The molecule has 1 saturated heterocycles. The van der Waals surface area contributed by atoms with Crippen molar-refractivity contribution in [2.45, 2.75) is 43.6 Å². The van der Waals surface area contributed by atoms with E-state index in [0.29, 0.717) is 6.54 Å². The molecule has 2 aliphatic heterocycles. The van der Waals surface area contributed by atoms with Crippen LogP contribution in [-0.4, -0.2) is 72.3 Å². The minimum absolute atomic E-state index is 0.222. The van der Waals surface area contributed by atoms with Crippen LogP contribution in [0.1, 0.15) is 37.2 Å². The molecule has 0 unspecified atom stereocenters. The third kappa shape index (κ3) is 2.25. The lowest BCUT2D eigenvalue weighted by Crippen LogP contribution is -2.50. The van der Waals surface area contributed by atoms with E-state index < -0.39 is 24.4 Å². The van der Waals surface area contributed by atoms with E-state index in [0.717, 1.165) is 25.9 Å². The number of aromatic nitrogens is 4. The SMILES string of the molecule is O[C@H]1[C@H](O)[C@@H](CN2CCCCC2)n2nnnc2[C@H]1O. The van der Waals surface area contributed by atoms with Gasteiger partial charge in [0.25, 0.3) is 0 Å². The van der Waals surface area contributed by atoms with Crippen LogP contribution in [0, 0.1) is 0 Å². The summed E-state index contributed by atoms with van der Waals surface area (Å²) in [4.78, 5) is 2.24. The first kappa shape index (κ1) is 12.9. The molecule has 4 atom stereocenters. The first-order valence-corrected chi connectivity index (χ1v) is 6.73. The number of fused-ring (bicyclic) bond motifs is 1. The van der Waals surface area contributed by atoms with Gasteiger partial charge in [-0.25, -0.2) is 4.68 Å². The van der Waals surface area contributed by atoms with E-state index in [1.807, 2.05) is 0 Å². The van der Waals surface area contributed by atoms with Crippen molar-refractivity contribution in [1.29, 1.82) is 0 Å². The second-order valence-corrected chi connectivity index (χ2v) is 5.34. The van der Waals surface area contributed by atoms with E-state index in [9.17, 15) is 15.3 Å². The molecule has 2 aliphatic rings. The molecule has 1 aromatic heterocycles. The molecule has 8 nitrogen and oxygen atoms in total. The molecule has 0 saturated carbocycles. The van der Waals surface area contributed by atoms with Gasteiger partial charge >= 0.3 is 0 Å².